The van der Waals surface area contributed by atoms with Crippen molar-refractivity contribution in [2.24, 2.45) is 5.73 Å². The van der Waals surface area contributed by atoms with E-state index in [0.717, 1.165) is 5.69 Å². The molecule has 0 radical (unpaired) electrons. The second-order valence-corrected chi connectivity index (χ2v) is 3.28. The van der Waals surface area contributed by atoms with Gasteiger partial charge in [-0.3, -0.25) is 0 Å². The van der Waals surface area contributed by atoms with Crippen LogP contribution in [0.15, 0.2) is 24.9 Å². The predicted molar refractivity (Wildman–Crippen MR) is 50.6 cm³/mol. The van der Waals surface area contributed by atoms with Gasteiger partial charge in [0.25, 0.3) is 0 Å². The van der Waals surface area contributed by atoms with Gasteiger partial charge in [0.15, 0.2) is 0 Å². The normalized spacial score (nSPS) is 13.0. The van der Waals surface area contributed by atoms with Gasteiger partial charge in [-0.05, 0) is 28.7 Å². The Kier molecular flexibility index (Phi) is 2.50. The van der Waals surface area contributed by atoms with Crippen molar-refractivity contribution in [2.45, 2.75) is 6.04 Å². The van der Waals surface area contributed by atoms with E-state index in [2.05, 4.69) is 34.2 Å². The maximum Gasteiger partial charge on any atom is 0.0631 e. The van der Waals surface area contributed by atoms with Gasteiger partial charge in [-0.15, -0.1) is 6.58 Å². The van der Waals surface area contributed by atoms with E-state index < -0.39 is 0 Å². The fraction of sp³-hybridized carbons (Fsp3) is 0.143. The third-order valence-corrected chi connectivity index (χ3v) is 1.91. The maximum atomic E-state index is 5.65. The zero-order valence-electron chi connectivity index (χ0n) is 5.47. The zero-order chi connectivity index (χ0) is 7.56. The minimum atomic E-state index is -0.0662. The average molecular weight is 248 g/mol. The van der Waals surface area contributed by atoms with Gasteiger partial charge in [0.05, 0.1) is 6.04 Å². The molecular formula is C7H9IN2. The molecule has 0 saturated heterocycles. The fourth-order valence-electron chi connectivity index (χ4n) is 0.704. The number of halogens is 1. The summed E-state index contributed by atoms with van der Waals surface area (Å²) in [6.07, 6.45) is 3.63. The quantitative estimate of drug-likeness (QED) is 0.608. The molecule has 0 aliphatic heterocycles. The Bertz CT molecular complexity index is 229. The molecule has 10 heavy (non-hydrogen) atoms. The summed E-state index contributed by atoms with van der Waals surface area (Å²) < 4.78 is 1.17. The molecule has 54 valence electrons. The van der Waals surface area contributed by atoms with E-state index in [0.29, 0.717) is 0 Å². The lowest BCUT2D eigenvalue weighted by Crippen LogP contribution is -2.06. The van der Waals surface area contributed by atoms with E-state index in [1.807, 2.05) is 12.3 Å². The molecule has 1 rings (SSSR count). The highest BCUT2D eigenvalue weighted by Crippen LogP contribution is 2.12. The summed E-state index contributed by atoms with van der Waals surface area (Å²) in [5.41, 5.74) is 6.67. The van der Waals surface area contributed by atoms with E-state index in [-0.39, 0.29) is 6.04 Å². The van der Waals surface area contributed by atoms with Gasteiger partial charge < -0.3 is 10.7 Å². The first-order valence-corrected chi connectivity index (χ1v) is 4.04. The Morgan fingerprint density at radius 1 is 1.80 bits per heavy atom. The number of rotatable bonds is 2. The molecule has 0 aliphatic rings. The molecule has 2 nitrogen and oxygen atoms in total. The van der Waals surface area contributed by atoms with Crippen molar-refractivity contribution in [1.29, 1.82) is 0 Å². The van der Waals surface area contributed by atoms with Gasteiger partial charge in [-0.25, -0.2) is 0 Å². The summed E-state index contributed by atoms with van der Waals surface area (Å²) >= 11 is 2.23. The van der Waals surface area contributed by atoms with E-state index in [9.17, 15) is 0 Å². The first kappa shape index (κ1) is 7.81. The smallest absolute Gasteiger partial charge is 0.0631 e. The first-order chi connectivity index (χ1) is 4.74. The molecule has 0 aliphatic carbocycles. The van der Waals surface area contributed by atoms with Crippen LogP contribution in [0, 0.1) is 3.57 Å². The largest absolute Gasteiger partial charge is 0.362 e. The summed E-state index contributed by atoms with van der Waals surface area (Å²) in [5, 5.41) is 0. The van der Waals surface area contributed by atoms with Gasteiger partial charge >= 0.3 is 0 Å². The van der Waals surface area contributed by atoms with Gasteiger partial charge in [-0.2, -0.15) is 0 Å². The van der Waals surface area contributed by atoms with Crippen LogP contribution in [0.25, 0.3) is 0 Å². The molecule has 0 saturated carbocycles. The second-order valence-electron chi connectivity index (χ2n) is 2.03. The molecule has 3 N–H and O–H groups in total. The predicted octanol–water partition coefficient (Wildman–Crippen LogP) is 1.81. The van der Waals surface area contributed by atoms with Crippen molar-refractivity contribution in [2.75, 3.05) is 0 Å². The molecular weight excluding hydrogens is 239 g/mol. The van der Waals surface area contributed by atoms with Crippen molar-refractivity contribution in [3.8, 4) is 0 Å². The van der Waals surface area contributed by atoms with Crippen LogP contribution in [0.5, 0.6) is 0 Å². The van der Waals surface area contributed by atoms with Crippen molar-refractivity contribution < 1.29 is 0 Å². The van der Waals surface area contributed by atoms with Crippen LogP contribution in [0.3, 0.4) is 0 Å². The van der Waals surface area contributed by atoms with Crippen LogP contribution >= 0.6 is 22.6 Å². The van der Waals surface area contributed by atoms with Crippen molar-refractivity contribution in [1.82, 2.24) is 4.98 Å². The number of hydrogen-bond donors (Lipinski definition) is 2. The SMILES string of the molecule is C=C[C@@H](N)c1cc(I)c[nH]1. The van der Waals surface area contributed by atoms with Crippen LogP contribution < -0.4 is 5.73 Å². The van der Waals surface area contributed by atoms with Crippen LogP contribution in [-0.2, 0) is 0 Å². The highest BCUT2D eigenvalue weighted by molar-refractivity contribution is 14.1. The monoisotopic (exact) mass is 248 g/mol. The Labute approximate surface area is 73.6 Å². The third-order valence-electron chi connectivity index (χ3n) is 1.28. The number of H-pyrrole nitrogens is 1. The van der Waals surface area contributed by atoms with Crippen LogP contribution in [-0.4, -0.2) is 4.98 Å². The molecule has 1 heterocycles. The zero-order valence-corrected chi connectivity index (χ0v) is 7.63. The number of aromatic nitrogens is 1. The Hall–Kier alpha value is -0.290. The molecule has 1 aromatic heterocycles. The first-order valence-electron chi connectivity index (χ1n) is 2.96. The minimum absolute atomic E-state index is 0.0662. The average Bonchev–Trinajstić information content (AvgIpc) is 2.34. The van der Waals surface area contributed by atoms with E-state index in [1.54, 1.807) is 6.08 Å². The Morgan fingerprint density at radius 3 is 2.90 bits per heavy atom. The van der Waals surface area contributed by atoms with E-state index in [1.165, 1.54) is 3.57 Å². The Morgan fingerprint density at radius 2 is 2.50 bits per heavy atom. The molecule has 1 atom stereocenters. The molecule has 0 aromatic carbocycles. The lowest BCUT2D eigenvalue weighted by molar-refractivity contribution is 0.876. The van der Waals surface area contributed by atoms with Gasteiger partial charge in [-0.1, -0.05) is 6.08 Å². The third kappa shape index (κ3) is 1.60. The fourth-order valence-corrected chi connectivity index (χ4v) is 1.19. The van der Waals surface area contributed by atoms with Crippen molar-refractivity contribution >= 4 is 22.6 Å². The summed E-state index contributed by atoms with van der Waals surface area (Å²) in [6.45, 7) is 3.60. The molecule has 0 amide bonds. The number of aromatic amines is 1. The summed E-state index contributed by atoms with van der Waals surface area (Å²) in [4.78, 5) is 3.05. The standard InChI is InChI=1S/C7H9IN2/c1-2-6(9)7-3-5(8)4-10-7/h2-4,6,10H,1,9H2/t6-/m1/s1. The van der Waals surface area contributed by atoms with Crippen LogP contribution in [0.2, 0.25) is 0 Å². The topological polar surface area (TPSA) is 41.8 Å². The van der Waals surface area contributed by atoms with Crippen LogP contribution in [0.4, 0.5) is 0 Å². The number of nitrogens with two attached hydrogens (primary N) is 1. The molecule has 0 spiro atoms. The van der Waals surface area contributed by atoms with Crippen molar-refractivity contribution in [3.63, 3.8) is 0 Å². The number of nitrogens with one attached hydrogen (secondary N) is 1. The Balaban J connectivity index is 2.84. The van der Waals surface area contributed by atoms with Gasteiger partial charge in [0.2, 0.25) is 0 Å². The summed E-state index contributed by atoms with van der Waals surface area (Å²) in [6, 6.07) is 1.94. The highest BCUT2D eigenvalue weighted by Gasteiger charge is 2.01. The van der Waals surface area contributed by atoms with E-state index in [4.69, 9.17) is 5.73 Å². The van der Waals surface area contributed by atoms with Gasteiger partial charge in [0, 0.05) is 15.5 Å². The number of hydrogen-bond acceptors (Lipinski definition) is 1. The van der Waals surface area contributed by atoms with Gasteiger partial charge in [0.1, 0.15) is 0 Å². The molecule has 0 fully saturated rings. The highest BCUT2D eigenvalue weighted by atomic mass is 127. The molecule has 3 heteroatoms. The lowest BCUT2D eigenvalue weighted by Gasteiger charge is -2.00. The second kappa shape index (κ2) is 3.21. The van der Waals surface area contributed by atoms with Crippen molar-refractivity contribution in [3.05, 3.63) is 34.2 Å². The van der Waals surface area contributed by atoms with E-state index >= 15 is 0 Å². The molecule has 0 unspecified atom stereocenters. The van der Waals surface area contributed by atoms with Crippen LogP contribution in [0.1, 0.15) is 11.7 Å². The summed E-state index contributed by atoms with van der Waals surface area (Å²) in [5.74, 6) is 0. The minimum Gasteiger partial charge on any atom is -0.362 e. The lowest BCUT2D eigenvalue weighted by atomic mass is 10.2. The molecule has 1 aromatic rings. The maximum absolute atomic E-state index is 5.65. The molecule has 0 bridgehead atoms. The summed E-state index contributed by atoms with van der Waals surface area (Å²) in [7, 11) is 0.